The average molecular weight is 353 g/mol. The van der Waals surface area contributed by atoms with Crippen molar-refractivity contribution >= 4 is 0 Å². The number of benzene rings is 3. The highest BCUT2D eigenvalue weighted by Gasteiger charge is 2.21. The smallest absolute Gasteiger partial charge is 0.267 e. The van der Waals surface area contributed by atoms with E-state index in [1.807, 2.05) is 97.9 Å². The summed E-state index contributed by atoms with van der Waals surface area (Å²) in [5, 5.41) is 8.72. The first-order valence-electron chi connectivity index (χ1n) is 8.87. The molecular formula is C23H19N3O. The van der Waals surface area contributed by atoms with Crippen LogP contribution in [0.5, 0.6) is 0 Å². The van der Waals surface area contributed by atoms with Gasteiger partial charge in [-0.05, 0) is 18.1 Å². The Hall–Kier alpha value is -3.53. The van der Waals surface area contributed by atoms with Crippen molar-refractivity contribution < 1.29 is 0 Å². The Balaban J connectivity index is 1.89. The van der Waals surface area contributed by atoms with Gasteiger partial charge in [0.25, 0.3) is 5.56 Å². The van der Waals surface area contributed by atoms with Crippen molar-refractivity contribution in [1.29, 1.82) is 0 Å². The van der Waals surface area contributed by atoms with Gasteiger partial charge in [0.2, 0.25) is 0 Å². The number of rotatable bonds is 4. The minimum atomic E-state index is -0.323. The molecule has 0 aliphatic carbocycles. The molecule has 4 nitrogen and oxygen atoms in total. The van der Waals surface area contributed by atoms with Crippen LogP contribution >= 0.6 is 0 Å². The quantitative estimate of drug-likeness (QED) is 0.551. The van der Waals surface area contributed by atoms with Crippen LogP contribution in [0.4, 0.5) is 0 Å². The van der Waals surface area contributed by atoms with Crippen LogP contribution in [-0.2, 0) is 0 Å². The van der Waals surface area contributed by atoms with Crippen LogP contribution in [0.1, 0.15) is 22.7 Å². The third-order valence-corrected chi connectivity index (χ3v) is 4.65. The first-order chi connectivity index (χ1) is 13.3. The van der Waals surface area contributed by atoms with Crippen molar-refractivity contribution in [3.8, 4) is 11.3 Å². The molecule has 27 heavy (non-hydrogen) atoms. The minimum Gasteiger partial charge on any atom is -0.267 e. The molecule has 0 amide bonds. The first-order valence-corrected chi connectivity index (χ1v) is 8.87. The Labute approximate surface area is 157 Å². The summed E-state index contributed by atoms with van der Waals surface area (Å²) >= 11 is 0. The molecule has 0 atom stereocenters. The molecule has 0 fully saturated rings. The lowest BCUT2D eigenvalue weighted by molar-refractivity contribution is 0.520. The number of hydrogen-bond acceptors (Lipinski definition) is 3. The maximum Gasteiger partial charge on any atom is 0.274 e. The second-order valence-electron chi connectivity index (χ2n) is 6.40. The van der Waals surface area contributed by atoms with Crippen LogP contribution in [-0.4, -0.2) is 15.0 Å². The molecule has 0 unspecified atom stereocenters. The lowest BCUT2D eigenvalue weighted by Crippen LogP contribution is -2.31. The molecule has 0 spiro atoms. The van der Waals surface area contributed by atoms with E-state index in [0.29, 0.717) is 11.3 Å². The van der Waals surface area contributed by atoms with Crippen LogP contribution in [0.3, 0.4) is 0 Å². The summed E-state index contributed by atoms with van der Waals surface area (Å²) in [5.74, 6) is 0. The summed E-state index contributed by atoms with van der Waals surface area (Å²) < 4.78 is 1.48. The molecule has 1 aromatic heterocycles. The zero-order valence-corrected chi connectivity index (χ0v) is 15.0. The van der Waals surface area contributed by atoms with Gasteiger partial charge in [-0.25, -0.2) is 0 Å². The van der Waals surface area contributed by atoms with Gasteiger partial charge in [-0.2, -0.15) is 4.68 Å². The molecule has 0 N–H and O–H groups in total. The normalized spacial score (nSPS) is 10.9. The SMILES string of the molecule is Cc1c(-c2ccccc2)nnn(C(c2ccccc2)c2ccccc2)c1=O. The van der Waals surface area contributed by atoms with Crippen LogP contribution in [0, 0.1) is 6.92 Å². The predicted molar refractivity (Wildman–Crippen MR) is 107 cm³/mol. The highest BCUT2D eigenvalue weighted by atomic mass is 16.1. The Bertz CT molecular complexity index is 1050. The zero-order chi connectivity index (χ0) is 18.6. The Morgan fingerprint density at radius 3 is 1.74 bits per heavy atom. The highest BCUT2D eigenvalue weighted by Crippen LogP contribution is 2.25. The van der Waals surface area contributed by atoms with Crippen LogP contribution < -0.4 is 5.56 Å². The van der Waals surface area contributed by atoms with Crippen molar-refractivity contribution in [3.63, 3.8) is 0 Å². The molecule has 4 rings (SSSR count). The van der Waals surface area contributed by atoms with E-state index in [0.717, 1.165) is 16.7 Å². The fraction of sp³-hybridized carbons (Fsp3) is 0.0870. The second kappa shape index (κ2) is 7.38. The Morgan fingerprint density at radius 1 is 0.741 bits per heavy atom. The van der Waals surface area contributed by atoms with Gasteiger partial charge >= 0.3 is 0 Å². The van der Waals surface area contributed by atoms with E-state index < -0.39 is 0 Å². The number of hydrogen-bond donors (Lipinski definition) is 0. The number of aromatic nitrogens is 3. The van der Waals surface area contributed by atoms with Crippen molar-refractivity contribution in [2.24, 2.45) is 0 Å². The monoisotopic (exact) mass is 353 g/mol. The fourth-order valence-electron chi connectivity index (χ4n) is 3.27. The molecule has 4 heteroatoms. The predicted octanol–water partition coefficient (Wildman–Crippen LogP) is 4.25. The lowest BCUT2D eigenvalue weighted by atomic mass is 9.98. The summed E-state index contributed by atoms with van der Waals surface area (Å²) in [4.78, 5) is 13.2. The Kier molecular flexibility index (Phi) is 4.62. The molecular weight excluding hydrogens is 334 g/mol. The third kappa shape index (κ3) is 3.29. The maximum absolute atomic E-state index is 13.2. The third-order valence-electron chi connectivity index (χ3n) is 4.65. The van der Waals surface area contributed by atoms with Crippen molar-refractivity contribution in [2.75, 3.05) is 0 Å². The minimum absolute atomic E-state index is 0.137. The van der Waals surface area contributed by atoms with E-state index in [2.05, 4.69) is 10.3 Å². The summed E-state index contributed by atoms with van der Waals surface area (Å²) in [5.41, 5.74) is 3.95. The maximum atomic E-state index is 13.2. The van der Waals surface area contributed by atoms with Gasteiger partial charge in [-0.3, -0.25) is 4.79 Å². The van der Waals surface area contributed by atoms with Gasteiger partial charge in [-0.1, -0.05) is 96.2 Å². The molecule has 1 heterocycles. The summed E-state index contributed by atoms with van der Waals surface area (Å²) in [7, 11) is 0. The van der Waals surface area contributed by atoms with Gasteiger partial charge in [0, 0.05) is 11.1 Å². The molecule has 0 saturated heterocycles. The van der Waals surface area contributed by atoms with Crippen molar-refractivity contribution in [2.45, 2.75) is 13.0 Å². The van der Waals surface area contributed by atoms with E-state index in [1.54, 1.807) is 0 Å². The van der Waals surface area contributed by atoms with E-state index in [9.17, 15) is 4.79 Å². The summed E-state index contributed by atoms with van der Waals surface area (Å²) in [6.07, 6.45) is 0. The molecule has 132 valence electrons. The average Bonchev–Trinajstić information content (AvgIpc) is 2.74. The van der Waals surface area contributed by atoms with Crippen molar-refractivity contribution in [1.82, 2.24) is 15.0 Å². The van der Waals surface area contributed by atoms with Crippen LogP contribution in [0.25, 0.3) is 11.3 Å². The Morgan fingerprint density at radius 2 is 1.22 bits per heavy atom. The van der Waals surface area contributed by atoms with Crippen LogP contribution in [0.15, 0.2) is 95.8 Å². The van der Waals surface area contributed by atoms with Gasteiger partial charge < -0.3 is 0 Å². The van der Waals surface area contributed by atoms with Gasteiger partial charge in [-0.15, -0.1) is 5.10 Å². The molecule has 0 aliphatic rings. The molecule has 3 aromatic carbocycles. The second-order valence-corrected chi connectivity index (χ2v) is 6.40. The van der Waals surface area contributed by atoms with Gasteiger partial charge in [0.15, 0.2) is 0 Å². The van der Waals surface area contributed by atoms with Crippen molar-refractivity contribution in [3.05, 3.63) is 118 Å². The molecule has 0 bridgehead atoms. The number of nitrogens with zero attached hydrogens (tertiary/aromatic N) is 3. The topological polar surface area (TPSA) is 47.8 Å². The standard InChI is InChI=1S/C23H19N3O/c1-17-21(18-11-5-2-6-12-18)24-25-26(23(17)27)22(19-13-7-3-8-14-19)20-15-9-4-10-16-20/h2-16,22H,1H3. The van der Waals surface area contributed by atoms with Gasteiger partial charge in [0.05, 0.1) is 0 Å². The van der Waals surface area contributed by atoms with Gasteiger partial charge in [0.1, 0.15) is 11.7 Å². The largest absolute Gasteiger partial charge is 0.274 e. The summed E-state index contributed by atoms with van der Waals surface area (Å²) in [6.45, 7) is 1.81. The van der Waals surface area contributed by atoms with E-state index in [-0.39, 0.29) is 11.6 Å². The lowest BCUT2D eigenvalue weighted by Gasteiger charge is -2.20. The molecule has 0 aliphatic heterocycles. The molecule has 4 aromatic rings. The fourth-order valence-corrected chi connectivity index (χ4v) is 3.27. The molecule has 0 radical (unpaired) electrons. The zero-order valence-electron chi connectivity index (χ0n) is 15.0. The van der Waals surface area contributed by atoms with E-state index in [1.165, 1.54) is 4.68 Å². The van der Waals surface area contributed by atoms with E-state index in [4.69, 9.17) is 0 Å². The highest BCUT2D eigenvalue weighted by molar-refractivity contribution is 5.61. The molecule has 0 saturated carbocycles. The van der Waals surface area contributed by atoms with E-state index >= 15 is 0 Å². The first kappa shape index (κ1) is 16.9. The van der Waals surface area contributed by atoms with Crippen LogP contribution in [0.2, 0.25) is 0 Å². The summed E-state index contributed by atoms with van der Waals surface area (Å²) in [6, 6.07) is 29.2.